The summed E-state index contributed by atoms with van der Waals surface area (Å²) in [5.74, 6) is 1.79. The lowest BCUT2D eigenvalue weighted by atomic mass is 9.95. The fraction of sp³-hybridized carbons (Fsp3) is 0.478. The highest BCUT2D eigenvalue weighted by Gasteiger charge is 2.31. The number of hydrogen-bond donors (Lipinski definition) is 1. The average molecular weight is 423 g/mol. The Hall–Kier alpha value is -3.16. The fourth-order valence-corrected chi connectivity index (χ4v) is 4.18. The zero-order valence-electron chi connectivity index (χ0n) is 18.3. The monoisotopic (exact) mass is 422 g/mol. The Morgan fingerprint density at radius 1 is 0.935 bits per heavy atom. The molecule has 2 amide bonds. The molecule has 2 aromatic rings. The van der Waals surface area contributed by atoms with Gasteiger partial charge in [0.15, 0.2) is 0 Å². The minimum absolute atomic E-state index is 0.0361. The molecule has 1 aromatic carbocycles. The summed E-state index contributed by atoms with van der Waals surface area (Å²) < 4.78 is 0. The first-order chi connectivity index (χ1) is 15.0. The molecular weight excluding hydrogens is 392 g/mol. The van der Waals surface area contributed by atoms with Gasteiger partial charge < -0.3 is 20.0 Å². The molecule has 0 bridgehead atoms. The molecule has 31 heavy (non-hydrogen) atoms. The molecule has 2 saturated heterocycles. The second-order valence-electron chi connectivity index (χ2n) is 8.33. The first kappa shape index (κ1) is 21.1. The Balaban J connectivity index is 1.31. The summed E-state index contributed by atoms with van der Waals surface area (Å²) in [7, 11) is 0. The minimum atomic E-state index is 0.0361. The summed E-state index contributed by atoms with van der Waals surface area (Å²) in [6.45, 7) is 7.70. The highest BCUT2D eigenvalue weighted by Crippen LogP contribution is 2.24. The number of aryl methyl sites for hydroxylation is 1. The second-order valence-corrected chi connectivity index (χ2v) is 8.33. The molecule has 8 heteroatoms. The Morgan fingerprint density at radius 3 is 2.23 bits per heavy atom. The van der Waals surface area contributed by atoms with Crippen molar-refractivity contribution >= 4 is 29.3 Å². The van der Waals surface area contributed by atoms with E-state index in [1.54, 1.807) is 18.0 Å². The smallest absolute Gasteiger partial charge is 0.227 e. The summed E-state index contributed by atoms with van der Waals surface area (Å²) >= 11 is 0. The number of piperazine rings is 1. The van der Waals surface area contributed by atoms with Crippen LogP contribution in [0.1, 0.15) is 25.3 Å². The van der Waals surface area contributed by atoms with E-state index in [4.69, 9.17) is 0 Å². The van der Waals surface area contributed by atoms with Crippen molar-refractivity contribution in [1.29, 1.82) is 0 Å². The van der Waals surface area contributed by atoms with E-state index in [1.807, 2.05) is 23.1 Å². The van der Waals surface area contributed by atoms with Crippen molar-refractivity contribution in [3.05, 3.63) is 42.1 Å². The van der Waals surface area contributed by atoms with Gasteiger partial charge in [-0.3, -0.25) is 9.59 Å². The molecular formula is C23H30N6O2. The largest absolute Gasteiger partial charge is 0.341 e. The van der Waals surface area contributed by atoms with E-state index in [0.29, 0.717) is 32.1 Å². The number of nitrogens with zero attached hydrogens (tertiary/aromatic N) is 5. The number of nitrogens with one attached hydrogen (secondary N) is 1. The Kier molecular flexibility index (Phi) is 6.34. The predicted molar refractivity (Wildman–Crippen MR) is 120 cm³/mol. The molecule has 0 radical (unpaired) electrons. The molecule has 0 unspecified atom stereocenters. The fourth-order valence-electron chi connectivity index (χ4n) is 4.18. The maximum Gasteiger partial charge on any atom is 0.227 e. The van der Waals surface area contributed by atoms with Crippen molar-refractivity contribution in [3.8, 4) is 0 Å². The third-order valence-corrected chi connectivity index (χ3v) is 6.13. The number of aromatic nitrogens is 2. The molecule has 1 aromatic heterocycles. The molecule has 4 rings (SSSR count). The predicted octanol–water partition coefficient (Wildman–Crippen LogP) is 2.44. The van der Waals surface area contributed by atoms with Gasteiger partial charge in [-0.05, 0) is 38.0 Å². The SMILES string of the molecule is CC(=O)N1CCN(C(=O)C2CCN(c3nccc(Nc4ccc(C)cc4)n3)CC2)CC1. The molecule has 0 saturated carbocycles. The summed E-state index contributed by atoms with van der Waals surface area (Å²) in [6, 6.07) is 10.0. The standard InChI is InChI=1S/C23H30N6O2/c1-17-3-5-20(6-4-17)25-21-7-10-24-23(26-21)29-11-8-19(9-12-29)22(31)28-15-13-27(14-16-28)18(2)30/h3-7,10,19H,8-9,11-16H2,1-2H3,(H,24,25,26). The quantitative estimate of drug-likeness (QED) is 0.815. The number of piperidine rings is 1. The summed E-state index contributed by atoms with van der Waals surface area (Å²) in [6.07, 6.45) is 3.36. The number of anilines is 3. The van der Waals surface area contributed by atoms with Crippen LogP contribution in [-0.2, 0) is 9.59 Å². The van der Waals surface area contributed by atoms with Gasteiger partial charge in [-0.1, -0.05) is 17.7 Å². The van der Waals surface area contributed by atoms with Gasteiger partial charge in [0, 0.05) is 64.0 Å². The van der Waals surface area contributed by atoms with Crippen molar-refractivity contribution in [2.45, 2.75) is 26.7 Å². The van der Waals surface area contributed by atoms with Crippen LogP contribution in [0.25, 0.3) is 0 Å². The van der Waals surface area contributed by atoms with Gasteiger partial charge in [-0.2, -0.15) is 4.98 Å². The molecule has 2 aliphatic heterocycles. The van der Waals surface area contributed by atoms with E-state index in [9.17, 15) is 9.59 Å². The van der Waals surface area contributed by atoms with Crippen LogP contribution >= 0.6 is 0 Å². The zero-order chi connectivity index (χ0) is 21.8. The normalized spacial score (nSPS) is 17.5. The molecule has 0 atom stereocenters. The van der Waals surface area contributed by atoms with Crippen LogP contribution in [0.3, 0.4) is 0 Å². The van der Waals surface area contributed by atoms with Gasteiger partial charge in [0.1, 0.15) is 5.82 Å². The lowest BCUT2D eigenvalue weighted by Crippen LogP contribution is -2.52. The molecule has 1 N–H and O–H groups in total. The number of hydrogen-bond acceptors (Lipinski definition) is 6. The van der Waals surface area contributed by atoms with Crippen molar-refractivity contribution in [1.82, 2.24) is 19.8 Å². The Morgan fingerprint density at radius 2 is 1.58 bits per heavy atom. The van der Waals surface area contributed by atoms with E-state index in [2.05, 4.69) is 39.2 Å². The third-order valence-electron chi connectivity index (χ3n) is 6.13. The third kappa shape index (κ3) is 5.13. The molecule has 164 valence electrons. The van der Waals surface area contributed by atoms with Gasteiger partial charge in [0.2, 0.25) is 17.8 Å². The van der Waals surface area contributed by atoms with Crippen molar-refractivity contribution < 1.29 is 9.59 Å². The van der Waals surface area contributed by atoms with Gasteiger partial charge in [0.05, 0.1) is 0 Å². The van der Waals surface area contributed by atoms with Crippen LogP contribution in [0, 0.1) is 12.8 Å². The maximum absolute atomic E-state index is 12.9. The zero-order valence-corrected chi connectivity index (χ0v) is 18.3. The van der Waals surface area contributed by atoms with E-state index in [0.717, 1.165) is 37.4 Å². The maximum atomic E-state index is 12.9. The number of carbonyl (C=O) groups excluding carboxylic acids is 2. The van der Waals surface area contributed by atoms with E-state index >= 15 is 0 Å². The van der Waals surface area contributed by atoms with Gasteiger partial charge >= 0.3 is 0 Å². The first-order valence-electron chi connectivity index (χ1n) is 11.0. The average Bonchev–Trinajstić information content (AvgIpc) is 2.80. The van der Waals surface area contributed by atoms with Crippen LogP contribution in [0.4, 0.5) is 17.5 Å². The lowest BCUT2D eigenvalue weighted by Gasteiger charge is -2.38. The van der Waals surface area contributed by atoms with Crippen LogP contribution in [-0.4, -0.2) is 70.9 Å². The lowest BCUT2D eigenvalue weighted by molar-refractivity contribution is -0.141. The summed E-state index contributed by atoms with van der Waals surface area (Å²) in [5, 5.41) is 3.33. The topological polar surface area (TPSA) is 81.7 Å². The second kappa shape index (κ2) is 9.32. The molecule has 8 nitrogen and oxygen atoms in total. The number of carbonyl (C=O) groups is 2. The number of rotatable bonds is 4. The first-order valence-corrected chi connectivity index (χ1v) is 11.0. The molecule has 3 heterocycles. The molecule has 2 aliphatic rings. The molecule has 0 spiro atoms. The van der Waals surface area contributed by atoms with Crippen LogP contribution in [0.15, 0.2) is 36.5 Å². The molecule has 0 aliphatic carbocycles. The van der Waals surface area contributed by atoms with Crippen molar-refractivity contribution in [2.75, 3.05) is 49.5 Å². The summed E-state index contributed by atoms with van der Waals surface area (Å²) in [5.41, 5.74) is 2.21. The van der Waals surface area contributed by atoms with Gasteiger partial charge in [-0.15, -0.1) is 0 Å². The van der Waals surface area contributed by atoms with Crippen LogP contribution in [0.2, 0.25) is 0 Å². The number of amides is 2. The Labute approximate surface area is 183 Å². The summed E-state index contributed by atoms with van der Waals surface area (Å²) in [4.78, 5) is 39.4. The number of benzene rings is 1. The van der Waals surface area contributed by atoms with Crippen molar-refractivity contribution in [2.24, 2.45) is 5.92 Å². The van der Waals surface area contributed by atoms with Crippen LogP contribution < -0.4 is 10.2 Å². The van der Waals surface area contributed by atoms with Gasteiger partial charge in [0.25, 0.3) is 0 Å². The van der Waals surface area contributed by atoms with E-state index in [-0.39, 0.29) is 17.7 Å². The Bertz CT molecular complexity index is 916. The highest BCUT2D eigenvalue weighted by molar-refractivity contribution is 5.80. The van der Waals surface area contributed by atoms with Crippen molar-refractivity contribution in [3.63, 3.8) is 0 Å². The highest BCUT2D eigenvalue weighted by atomic mass is 16.2. The molecule has 2 fully saturated rings. The van der Waals surface area contributed by atoms with E-state index in [1.165, 1.54) is 5.56 Å². The minimum Gasteiger partial charge on any atom is -0.341 e. The van der Waals surface area contributed by atoms with Gasteiger partial charge in [-0.25, -0.2) is 4.98 Å². The van der Waals surface area contributed by atoms with Crippen LogP contribution in [0.5, 0.6) is 0 Å². The van der Waals surface area contributed by atoms with E-state index < -0.39 is 0 Å².